The molecule has 3 heteroatoms. The van der Waals surface area contributed by atoms with E-state index in [1.807, 2.05) is 6.92 Å². The molecule has 2 N–H and O–H groups in total. The van der Waals surface area contributed by atoms with Crippen LogP contribution in [0.2, 0.25) is 0 Å². The van der Waals surface area contributed by atoms with Crippen molar-refractivity contribution in [1.82, 2.24) is 10.6 Å². The molecule has 0 saturated heterocycles. The highest BCUT2D eigenvalue weighted by Gasteiger charge is 2.39. The van der Waals surface area contributed by atoms with Gasteiger partial charge < -0.3 is 10.6 Å². The Morgan fingerprint density at radius 3 is 2.14 bits per heavy atom. The van der Waals surface area contributed by atoms with Gasteiger partial charge in [0.2, 0.25) is 5.91 Å². The van der Waals surface area contributed by atoms with Gasteiger partial charge in [-0.25, -0.2) is 0 Å². The summed E-state index contributed by atoms with van der Waals surface area (Å²) < 4.78 is 0. The van der Waals surface area contributed by atoms with Gasteiger partial charge in [-0.3, -0.25) is 4.79 Å². The molecule has 0 heterocycles. The van der Waals surface area contributed by atoms with E-state index in [9.17, 15) is 4.79 Å². The zero-order valence-electron chi connectivity index (χ0n) is 15.2. The lowest BCUT2D eigenvalue weighted by molar-refractivity contribution is -0.123. The zero-order valence-corrected chi connectivity index (χ0v) is 15.2. The van der Waals surface area contributed by atoms with Crippen molar-refractivity contribution in [3.8, 4) is 0 Å². The standard InChI is InChI=1S/C18H36N2O/c1-8-9-13(2)19-16(21)14(3)20-15-10-17(4,5)12-18(6,7)11-15/h13-15,20H,8-12H2,1-7H3,(H,19,21). The Morgan fingerprint density at radius 2 is 1.67 bits per heavy atom. The highest BCUT2D eigenvalue weighted by atomic mass is 16.2. The van der Waals surface area contributed by atoms with Gasteiger partial charge in [-0.05, 0) is 50.4 Å². The van der Waals surface area contributed by atoms with Crippen LogP contribution in [0, 0.1) is 10.8 Å². The first-order chi connectivity index (χ1) is 9.54. The second-order valence-electron chi connectivity index (χ2n) is 8.70. The minimum Gasteiger partial charge on any atom is -0.352 e. The molecular weight excluding hydrogens is 260 g/mol. The van der Waals surface area contributed by atoms with E-state index in [1.54, 1.807) is 0 Å². The van der Waals surface area contributed by atoms with Crippen molar-refractivity contribution in [2.24, 2.45) is 10.8 Å². The Balaban J connectivity index is 2.53. The Morgan fingerprint density at radius 1 is 1.14 bits per heavy atom. The highest BCUT2D eigenvalue weighted by Crippen LogP contribution is 2.45. The van der Waals surface area contributed by atoms with Crippen molar-refractivity contribution in [2.45, 2.75) is 98.7 Å². The first-order valence-electron chi connectivity index (χ1n) is 8.61. The van der Waals surface area contributed by atoms with Crippen LogP contribution in [0.25, 0.3) is 0 Å². The fraction of sp³-hybridized carbons (Fsp3) is 0.944. The number of carbonyl (C=O) groups excluding carboxylic acids is 1. The van der Waals surface area contributed by atoms with Gasteiger partial charge in [-0.2, -0.15) is 0 Å². The van der Waals surface area contributed by atoms with Crippen LogP contribution < -0.4 is 10.6 Å². The molecule has 0 spiro atoms. The van der Waals surface area contributed by atoms with E-state index >= 15 is 0 Å². The van der Waals surface area contributed by atoms with Gasteiger partial charge in [0.1, 0.15) is 0 Å². The summed E-state index contributed by atoms with van der Waals surface area (Å²) in [4.78, 5) is 12.3. The number of rotatable bonds is 6. The fourth-order valence-electron chi connectivity index (χ4n) is 4.27. The molecule has 1 saturated carbocycles. The highest BCUT2D eigenvalue weighted by molar-refractivity contribution is 5.81. The third-order valence-electron chi connectivity index (χ3n) is 4.54. The minimum absolute atomic E-state index is 0.112. The average molecular weight is 296 g/mol. The zero-order chi connectivity index (χ0) is 16.3. The summed E-state index contributed by atoms with van der Waals surface area (Å²) in [5.74, 6) is 0.136. The van der Waals surface area contributed by atoms with Crippen molar-refractivity contribution in [1.29, 1.82) is 0 Å². The minimum atomic E-state index is -0.112. The van der Waals surface area contributed by atoms with E-state index in [0.29, 0.717) is 16.9 Å². The van der Waals surface area contributed by atoms with Crippen LogP contribution in [0.1, 0.15) is 80.6 Å². The number of hydrogen-bond acceptors (Lipinski definition) is 2. The molecule has 2 unspecified atom stereocenters. The van der Waals surface area contributed by atoms with Gasteiger partial charge in [0.05, 0.1) is 6.04 Å². The molecule has 0 radical (unpaired) electrons. The number of amides is 1. The first-order valence-corrected chi connectivity index (χ1v) is 8.61. The van der Waals surface area contributed by atoms with Crippen molar-refractivity contribution >= 4 is 5.91 Å². The van der Waals surface area contributed by atoms with Gasteiger partial charge in [-0.1, -0.05) is 41.0 Å². The summed E-state index contributed by atoms with van der Waals surface area (Å²) in [5, 5.41) is 6.68. The summed E-state index contributed by atoms with van der Waals surface area (Å²) in [7, 11) is 0. The molecule has 0 aliphatic heterocycles. The van der Waals surface area contributed by atoms with Gasteiger partial charge in [0.15, 0.2) is 0 Å². The summed E-state index contributed by atoms with van der Waals surface area (Å²) in [6.45, 7) is 15.6. The van der Waals surface area contributed by atoms with Gasteiger partial charge in [0, 0.05) is 12.1 Å². The quantitative estimate of drug-likeness (QED) is 0.781. The molecule has 1 aliphatic rings. The summed E-state index contributed by atoms with van der Waals surface area (Å²) >= 11 is 0. The molecule has 3 nitrogen and oxygen atoms in total. The maximum atomic E-state index is 12.3. The Labute approximate surface area is 131 Å². The van der Waals surface area contributed by atoms with Crippen LogP contribution in [-0.2, 0) is 4.79 Å². The van der Waals surface area contributed by atoms with Gasteiger partial charge in [0.25, 0.3) is 0 Å². The maximum Gasteiger partial charge on any atom is 0.237 e. The molecule has 0 aromatic rings. The second-order valence-corrected chi connectivity index (χ2v) is 8.70. The molecule has 1 aliphatic carbocycles. The Kier molecular flexibility index (Phi) is 6.27. The number of nitrogens with one attached hydrogen (secondary N) is 2. The average Bonchev–Trinajstić information content (AvgIpc) is 2.24. The molecule has 1 amide bonds. The molecule has 2 atom stereocenters. The lowest BCUT2D eigenvalue weighted by atomic mass is 9.63. The van der Waals surface area contributed by atoms with E-state index in [1.165, 1.54) is 6.42 Å². The van der Waals surface area contributed by atoms with Crippen LogP contribution in [0.3, 0.4) is 0 Å². The maximum absolute atomic E-state index is 12.3. The van der Waals surface area contributed by atoms with E-state index in [4.69, 9.17) is 0 Å². The summed E-state index contributed by atoms with van der Waals surface area (Å²) in [6, 6.07) is 0.593. The van der Waals surface area contributed by atoms with Crippen molar-refractivity contribution in [2.75, 3.05) is 0 Å². The van der Waals surface area contributed by atoms with Crippen molar-refractivity contribution < 1.29 is 4.79 Å². The molecule has 1 rings (SSSR count). The van der Waals surface area contributed by atoms with Crippen LogP contribution in [0.4, 0.5) is 0 Å². The van der Waals surface area contributed by atoms with Gasteiger partial charge >= 0.3 is 0 Å². The SMILES string of the molecule is CCCC(C)NC(=O)C(C)NC1CC(C)(C)CC(C)(C)C1. The molecule has 21 heavy (non-hydrogen) atoms. The van der Waals surface area contributed by atoms with Crippen molar-refractivity contribution in [3.05, 3.63) is 0 Å². The third kappa shape index (κ3) is 6.37. The van der Waals surface area contributed by atoms with Crippen LogP contribution in [0.5, 0.6) is 0 Å². The van der Waals surface area contributed by atoms with Crippen LogP contribution in [-0.4, -0.2) is 24.0 Å². The van der Waals surface area contributed by atoms with E-state index in [0.717, 1.165) is 25.7 Å². The number of hydrogen-bond donors (Lipinski definition) is 2. The van der Waals surface area contributed by atoms with E-state index in [2.05, 4.69) is 52.2 Å². The largest absolute Gasteiger partial charge is 0.352 e. The molecule has 0 aromatic heterocycles. The lowest BCUT2D eigenvalue weighted by Gasteiger charge is -2.45. The summed E-state index contributed by atoms with van der Waals surface area (Å²) in [5.41, 5.74) is 0.705. The molecule has 0 aromatic carbocycles. The van der Waals surface area contributed by atoms with Crippen LogP contribution >= 0.6 is 0 Å². The molecule has 124 valence electrons. The second kappa shape index (κ2) is 7.13. The lowest BCUT2D eigenvalue weighted by Crippen LogP contribution is -2.52. The van der Waals surface area contributed by atoms with Gasteiger partial charge in [-0.15, -0.1) is 0 Å². The molecule has 0 bridgehead atoms. The van der Waals surface area contributed by atoms with Crippen molar-refractivity contribution in [3.63, 3.8) is 0 Å². The Hall–Kier alpha value is -0.570. The van der Waals surface area contributed by atoms with Crippen LogP contribution in [0.15, 0.2) is 0 Å². The molecular formula is C18H36N2O. The summed E-state index contributed by atoms with van der Waals surface area (Å²) in [6.07, 6.45) is 5.71. The first kappa shape index (κ1) is 18.5. The topological polar surface area (TPSA) is 41.1 Å². The smallest absolute Gasteiger partial charge is 0.237 e. The normalized spacial score (nSPS) is 24.3. The predicted molar refractivity (Wildman–Crippen MR) is 90.3 cm³/mol. The fourth-order valence-corrected chi connectivity index (χ4v) is 4.27. The Bertz CT molecular complexity index is 333. The monoisotopic (exact) mass is 296 g/mol. The molecule has 1 fully saturated rings. The number of carbonyl (C=O) groups is 1. The predicted octanol–water partition coefficient (Wildman–Crippen LogP) is 3.87. The third-order valence-corrected chi connectivity index (χ3v) is 4.54. The van der Waals surface area contributed by atoms with E-state index in [-0.39, 0.29) is 18.0 Å². The van der Waals surface area contributed by atoms with E-state index < -0.39 is 0 Å².